The molecule has 0 spiro atoms. The fraction of sp³-hybridized carbons (Fsp3) is 0.208. The summed E-state index contributed by atoms with van der Waals surface area (Å²) < 4.78 is 38.5. The highest BCUT2D eigenvalue weighted by Crippen LogP contribution is 2.28. The summed E-state index contributed by atoms with van der Waals surface area (Å²) in [5.74, 6) is 0.667. The van der Waals surface area contributed by atoms with Gasteiger partial charge in [-0.2, -0.15) is 0 Å². The molecule has 0 radical (unpaired) electrons. The van der Waals surface area contributed by atoms with E-state index >= 15 is 0 Å². The second-order valence-corrected chi connectivity index (χ2v) is 9.50. The predicted octanol–water partition coefficient (Wildman–Crippen LogP) is 4.43. The lowest BCUT2D eigenvalue weighted by Gasteiger charge is -2.25. The molecule has 1 amide bonds. The Labute approximate surface area is 198 Å². The van der Waals surface area contributed by atoms with Gasteiger partial charge in [-0.25, -0.2) is 8.42 Å². The van der Waals surface area contributed by atoms with Crippen molar-refractivity contribution in [3.63, 3.8) is 0 Å². The Bertz CT molecular complexity index is 1220. The first-order chi connectivity index (χ1) is 15.8. The van der Waals surface area contributed by atoms with Crippen LogP contribution in [0.2, 0.25) is 5.02 Å². The number of carbonyl (C=O) groups is 1. The average molecular weight is 489 g/mol. The number of hydrogen-bond donors (Lipinski definition) is 1. The molecule has 0 aliphatic rings. The Morgan fingerprint density at radius 1 is 1.00 bits per heavy atom. The van der Waals surface area contributed by atoms with E-state index in [2.05, 4.69) is 5.32 Å². The van der Waals surface area contributed by atoms with Gasteiger partial charge in [0.25, 0.3) is 10.0 Å². The molecule has 33 heavy (non-hydrogen) atoms. The first-order valence-electron chi connectivity index (χ1n) is 10.1. The second-order valence-electron chi connectivity index (χ2n) is 7.20. The van der Waals surface area contributed by atoms with Crippen molar-refractivity contribution in [2.45, 2.75) is 17.9 Å². The number of anilines is 1. The fourth-order valence-corrected chi connectivity index (χ4v) is 4.94. The molecule has 1 unspecified atom stereocenters. The molecule has 0 saturated heterocycles. The summed E-state index contributed by atoms with van der Waals surface area (Å²) in [5, 5.41) is 3.20. The number of halogens is 1. The van der Waals surface area contributed by atoms with Gasteiger partial charge in [-0.05, 0) is 55.5 Å². The summed E-state index contributed by atoms with van der Waals surface area (Å²) in [7, 11) is -1.02. The molecule has 3 aromatic rings. The highest BCUT2D eigenvalue weighted by atomic mass is 35.5. The molecule has 0 aromatic heterocycles. The van der Waals surface area contributed by atoms with E-state index in [9.17, 15) is 13.2 Å². The van der Waals surface area contributed by atoms with Gasteiger partial charge in [0.15, 0.2) is 0 Å². The summed E-state index contributed by atoms with van der Waals surface area (Å²) in [6, 6.07) is 19.2. The maximum Gasteiger partial charge on any atom is 0.264 e. The number of methoxy groups -OCH3 is 2. The highest BCUT2D eigenvalue weighted by molar-refractivity contribution is 7.92. The molecule has 0 fully saturated rings. The number of amides is 1. The minimum absolute atomic E-state index is 0.0221. The number of ether oxygens (including phenoxy) is 2. The fourth-order valence-electron chi connectivity index (χ4n) is 3.34. The molecule has 0 aliphatic carbocycles. The first kappa shape index (κ1) is 24.4. The Morgan fingerprint density at radius 2 is 1.70 bits per heavy atom. The second kappa shape index (κ2) is 10.6. The third-order valence-corrected chi connectivity index (χ3v) is 7.04. The number of nitrogens with one attached hydrogen (secondary N) is 1. The lowest BCUT2D eigenvalue weighted by molar-refractivity contribution is -0.120. The molecule has 0 aliphatic heterocycles. The van der Waals surface area contributed by atoms with Crippen molar-refractivity contribution < 1.29 is 22.7 Å². The maximum atomic E-state index is 13.5. The number of carbonyl (C=O) groups excluding carboxylic acids is 1. The van der Waals surface area contributed by atoms with Crippen LogP contribution in [0.5, 0.6) is 11.5 Å². The van der Waals surface area contributed by atoms with Gasteiger partial charge in [0.1, 0.15) is 18.0 Å². The molecule has 1 N–H and O–H groups in total. The zero-order valence-corrected chi connectivity index (χ0v) is 20.1. The van der Waals surface area contributed by atoms with Crippen molar-refractivity contribution in [3.05, 3.63) is 83.4 Å². The molecule has 0 bridgehead atoms. The van der Waals surface area contributed by atoms with Crippen LogP contribution in [0.4, 0.5) is 5.69 Å². The number of para-hydroxylation sites is 1. The zero-order valence-electron chi connectivity index (χ0n) is 18.5. The van der Waals surface area contributed by atoms with Crippen molar-refractivity contribution in [1.29, 1.82) is 0 Å². The van der Waals surface area contributed by atoms with E-state index in [1.54, 1.807) is 50.4 Å². The van der Waals surface area contributed by atoms with Crippen LogP contribution in [0.3, 0.4) is 0 Å². The smallest absolute Gasteiger partial charge is 0.264 e. The quantitative estimate of drug-likeness (QED) is 0.481. The Morgan fingerprint density at radius 3 is 2.33 bits per heavy atom. The molecule has 3 rings (SSSR count). The summed E-state index contributed by atoms with van der Waals surface area (Å²) in [4.78, 5) is 13.0. The highest BCUT2D eigenvalue weighted by Gasteiger charge is 2.28. The van der Waals surface area contributed by atoms with Crippen LogP contribution in [-0.4, -0.2) is 35.1 Å². The molecule has 174 valence electrons. The molecular weight excluding hydrogens is 464 g/mol. The summed E-state index contributed by atoms with van der Waals surface area (Å²) in [6.45, 7) is 1.37. The van der Waals surface area contributed by atoms with Crippen molar-refractivity contribution >= 4 is 33.2 Å². The molecule has 7 nitrogen and oxygen atoms in total. The third-order valence-electron chi connectivity index (χ3n) is 5.01. The minimum Gasteiger partial charge on any atom is -0.497 e. The summed E-state index contributed by atoms with van der Waals surface area (Å²) in [6.07, 6.45) is 0. The molecule has 3 aromatic carbocycles. The van der Waals surface area contributed by atoms with Gasteiger partial charge in [-0.3, -0.25) is 9.10 Å². The molecule has 9 heteroatoms. The van der Waals surface area contributed by atoms with Crippen LogP contribution in [0, 0.1) is 0 Å². The van der Waals surface area contributed by atoms with Crippen LogP contribution >= 0.6 is 11.6 Å². The molecule has 0 heterocycles. The van der Waals surface area contributed by atoms with E-state index in [1.165, 1.54) is 25.3 Å². The maximum absolute atomic E-state index is 13.5. The van der Waals surface area contributed by atoms with E-state index in [4.69, 9.17) is 21.1 Å². The van der Waals surface area contributed by atoms with E-state index < -0.39 is 28.5 Å². The van der Waals surface area contributed by atoms with Crippen LogP contribution in [0.1, 0.15) is 18.5 Å². The van der Waals surface area contributed by atoms with Gasteiger partial charge >= 0.3 is 0 Å². The number of rotatable bonds is 9. The van der Waals surface area contributed by atoms with E-state index in [-0.39, 0.29) is 10.6 Å². The number of nitrogens with zero attached hydrogens (tertiary/aromatic N) is 1. The van der Waals surface area contributed by atoms with Crippen LogP contribution < -0.4 is 19.1 Å². The summed E-state index contributed by atoms with van der Waals surface area (Å²) in [5.41, 5.74) is 1.05. The van der Waals surface area contributed by atoms with Crippen molar-refractivity contribution in [3.8, 4) is 11.5 Å². The van der Waals surface area contributed by atoms with E-state index in [0.29, 0.717) is 16.5 Å². The van der Waals surface area contributed by atoms with E-state index in [1.807, 2.05) is 18.2 Å². The van der Waals surface area contributed by atoms with Crippen LogP contribution in [0.15, 0.2) is 77.7 Å². The predicted molar refractivity (Wildman–Crippen MR) is 129 cm³/mol. The SMILES string of the molecule is COc1ccc(S(=O)(=O)N(CC(=O)NC(C)c2ccccc2OC)c2cccc(Cl)c2)cc1. The Kier molecular flexibility index (Phi) is 7.84. The Balaban J connectivity index is 1.90. The van der Waals surface area contributed by atoms with Gasteiger partial charge in [0, 0.05) is 10.6 Å². The average Bonchev–Trinajstić information content (AvgIpc) is 2.82. The van der Waals surface area contributed by atoms with Crippen LogP contribution in [0.25, 0.3) is 0 Å². The monoisotopic (exact) mass is 488 g/mol. The number of sulfonamides is 1. The number of benzene rings is 3. The van der Waals surface area contributed by atoms with Gasteiger partial charge in [0.2, 0.25) is 5.91 Å². The lowest BCUT2D eigenvalue weighted by Crippen LogP contribution is -2.41. The topological polar surface area (TPSA) is 84.9 Å². The van der Waals surface area contributed by atoms with Gasteiger partial charge in [-0.15, -0.1) is 0 Å². The Hall–Kier alpha value is -3.23. The minimum atomic E-state index is -4.07. The van der Waals surface area contributed by atoms with Gasteiger partial charge in [0.05, 0.1) is 30.8 Å². The van der Waals surface area contributed by atoms with Crippen LogP contribution in [-0.2, 0) is 14.8 Å². The van der Waals surface area contributed by atoms with Crippen molar-refractivity contribution in [1.82, 2.24) is 5.32 Å². The lowest BCUT2D eigenvalue weighted by atomic mass is 10.1. The van der Waals surface area contributed by atoms with E-state index in [0.717, 1.165) is 9.87 Å². The van der Waals surface area contributed by atoms with Crippen molar-refractivity contribution in [2.24, 2.45) is 0 Å². The van der Waals surface area contributed by atoms with Crippen molar-refractivity contribution in [2.75, 3.05) is 25.1 Å². The third kappa shape index (κ3) is 5.77. The molecular formula is C24H25ClN2O5S. The molecule has 0 saturated carbocycles. The largest absolute Gasteiger partial charge is 0.497 e. The summed E-state index contributed by atoms with van der Waals surface area (Å²) >= 11 is 6.11. The standard InChI is InChI=1S/C24H25ClN2O5S/c1-17(22-9-4-5-10-23(22)32-3)26-24(28)16-27(19-8-6-7-18(25)15-19)33(29,30)21-13-11-20(31-2)12-14-21/h4-15,17H,16H2,1-3H3,(H,26,28). The van der Waals surface area contributed by atoms with Gasteiger partial charge < -0.3 is 14.8 Å². The number of hydrogen-bond acceptors (Lipinski definition) is 5. The zero-order chi connectivity index (χ0) is 24.0. The van der Waals surface area contributed by atoms with Gasteiger partial charge in [-0.1, -0.05) is 35.9 Å². The molecule has 1 atom stereocenters. The normalized spacial score (nSPS) is 12.0. The first-order valence-corrected chi connectivity index (χ1v) is 11.9.